The third-order valence-electron chi connectivity index (χ3n) is 4.49. The number of amides is 2. The summed E-state index contributed by atoms with van der Waals surface area (Å²) in [6, 6.07) is 15.1. The van der Waals surface area contributed by atoms with E-state index in [1.807, 2.05) is 12.1 Å². The molecule has 2 aromatic carbocycles. The first-order valence-electron chi connectivity index (χ1n) is 8.53. The Balaban J connectivity index is 1.66. The molecule has 1 aliphatic rings. The molecule has 0 saturated carbocycles. The van der Waals surface area contributed by atoms with Gasteiger partial charge in [0.05, 0.1) is 12.6 Å². The maximum Gasteiger partial charge on any atom is 0.251 e. The van der Waals surface area contributed by atoms with E-state index in [9.17, 15) is 14.0 Å². The van der Waals surface area contributed by atoms with Crippen LogP contribution in [0.1, 0.15) is 41.2 Å². The number of rotatable bonds is 4. The highest BCUT2D eigenvalue weighted by Gasteiger charge is 2.28. The quantitative estimate of drug-likeness (QED) is 0.928. The second-order valence-corrected chi connectivity index (χ2v) is 6.20. The molecule has 0 bridgehead atoms. The Labute approximate surface area is 146 Å². The predicted octanol–water partition coefficient (Wildman–Crippen LogP) is 3.31. The average Bonchev–Trinajstić information content (AvgIpc) is 2.66. The molecule has 1 atom stereocenters. The van der Waals surface area contributed by atoms with Gasteiger partial charge in [-0.3, -0.25) is 9.59 Å². The fourth-order valence-corrected chi connectivity index (χ4v) is 3.24. The molecule has 1 saturated heterocycles. The summed E-state index contributed by atoms with van der Waals surface area (Å²) in [5, 5.41) is 2.68. The highest BCUT2D eigenvalue weighted by Crippen LogP contribution is 2.31. The van der Waals surface area contributed by atoms with Crippen molar-refractivity contribution in [2.24, 2.45) is 0 Å². The first-order chi connectivity index (χ1) is 12.1. The highest BCUT2D eigenvalue weighted by molar-refractivity contribution is 5.96. The van der Waals surface area contributed by atoms with Gasteiger partial charge in [0, 0.05) is 12.1 Å². The van der Waals surface area contributed by atoms with Gasteiger partial charge in [0.25, 0.3) is 5.91 Å². The second-order valence-electron chi connectivity index (χ2n) is 6.20. The van der Waals surface area contributed by atoms with Crippen molar-refractivity contribution in [3.63, 3.8) is 0 Å². The zero-order valence-corrected chi connectivity index (χ0v) is 14.0. The van der Waals surface area contributed by atoms with Crippen LogP contribution in [0.3, 0.4) is 0 Å². The Bertz CT molecular complexity index is 748. The molecule has 0 unspecified atom stereocenters. The summed E-state index contributed by atoms with van der Waals surface area (Å²) in [5.74, 6) is -0.709. The van der Waals surface area contributed by atoms with Crippen LogP contribution in [-0.4, -0.2) is 29.8 Å². The van der Waals surface area contributed by atoms with E-state index in [-0.39, 0.29) is 30.2 Å². The number of nitrogens with one attached hydrogen (secondary N) is 1. The molecule has 2 aromatic rings. The Morgan fingerprint density at radius 3 is 2.64 bits per heavy atom. The highest BCUT2D eigenvalue weighted by atomic mass is 19.1. The monoisotopic (exact) mass is 340 g/mol. The van der Waals surface area contributed by atoms with Crippen LogP contribution in [0, 0.1) is 5.82 Å². The predicted molar refractivity (Wildman–Crippen MR) is 93.5 cm³/mol. The molecule has 130 valence electrons. The maximum atomic E-state index is 13.5. The van der Waals surface area contributed by atoms with Crippen LogP contribution >= 0.6 is 0 Å². The molecule has 0 radical (unpaired) electrons. The lowest BCUT2D eigenvalue weighted by Gasteiger charge is -2.36. The number of carbonyl (C=O) groups is 2. The molecule has 25 heavy (non-hydrogen) atoms. The van der Waals surface area contributed by atoms with E-state index in [0.717, 1.165) is 24.8 Å². The minimum Gasteiger partial charge on any atom is -0.343 e. The van der Waals surface area contributed by atoms with Crippen molar-refractivity contribution in [1.82, 2.24) is 10.2 Å². The van der Waals surface area contributed by atoms with E-state index in [1.54, 1.807) is 35.2 Å². The van der Waals surface area contributed by atoms with Crippen molar-refractivity contribution >= 4 is 11.8 Å². The zero-order valence-electron chi connectivity index (χ0n) is 14.0. The van der Waals surface area contributed by atoms with Gasteiger partial charge < -0.3 is 10.2 Å². The Kier molecular flexibility index (Phi) is 5.43. The van der Waals surface area contributed by atoms with Crippen LogP contribution < -0.4 is 5.32 Å². The zero-order chi connectivity index (χ0) is 17.6. The number of likely N-dealkylation sites (tertiary alicyclic amines) is 1. The first-order valence-corrected chi connectivity index (χ1v) is 8.53. The van der Waals surface area contributed by atoms with E-state index in [1.165, 1.54) is 12.1 Å². The number of hydrogen-bond acceptors (Lipinski definition) is 2. The van der Waals surface area contributed by atoms with Gasteiger partial charge in [-0.25, -0.2) is 4.39 Å². The number of benzene rings is 2. The van der Waals surface area contributed by atoms with Crippen LogP contribution in [0.15, 0.2) is 54.6 Å². The number of nitrogens with zero attached hydrogens (tertiary/aromatic N) is 1. The smallest absolute Gasteiger partial charge is 0.251 e. The SMILES string of the molecule is O=C(NCC(=O)N1CCCC[C@H]1c1cccc(F)c1)c1ccccc1. The van der Waals surface area contributed by atoms with Crippen LogP contribution in [0.5, 0.6) is 0 Å². The van der Waals surface area contributed by atoms with Crippen molar-refractivity contribution in [3.05, 3.63) is 71.5 Å². The van der Waals surface area contributed by atoms with Gasteiger partial charge in [-0.05, 0) is 49.1 Å². The van der Waals surface area contributed by atoms with Crippen molar-refractivity contribution < 1.29 is 14.0 Å². The van der Waals surface area contributed by atoms with Gasteiger partial charge in [-0.2, -0.15) is 0 Å². The number of carbonyl (C=O) groups excluding carboxylic acids is 2. The summed E-state index contributed by atoms with van der Waals surface area (Å²) < 4.78 is 13.5. The van der Waals surface area contributed by atoms with Crippen molar-refractivity contribution in [1.29, 1.82) is 0 Å². The van der Waals surface area contributed by atoms with E-state index in [2.05, 4.69) is 5.32 Å². The van der Waals surface area contributed by atoms with Gasteiger partial charge in [-0.15, -0.1) is 0 Å². The molecule has 1 heterocycles. The molecule has 3 rings (SSSR count). The molecule has 2 amide bonds. The Morgan fingerprint density at radius 1 is 1.08 bits per heavy atom. The standard InChI is InChI=1S/C20H21FN2O2/c21-17-10-6-9-16(13-17)18-11-4-5-12-23(18)19(24)14-22-20(25)15-7-2-1-3-8-15/h1-3,6-10,13,18H,4-5,11-12,14H2,(H,22,25)/t18-/m0/s1. The van der Waals surface area contributed by atoms with Gasteiger partial charge in [0.15, 0.2) is 0 Å². The van der Waals surface area contributed by atoms with Gasteiger partial charge in [0.1, 0.15) is 5.82 Å². The molecular formula is C20H21FN2O2. The molecular weight excluding hydrogens is 319 g/mol. The normalized spacial score (nSPS) is 17.2. The third-order valence-corrected chi connectivity index (χ3v) is 4.49. The molecule has 5 heteroatoms. The van der Waals surface area contributed by atoms with Gasteiger partial charge in [0.2, 0.25) is 5.91 Å². The Hall–Kier alpha value is -2.69. The summed E-state index contributed by atoms with van der Waals surface area (Å²) in [6.07, 6.45) is 2.73. The Morgan fingerprint density at radius 2 is 1.88 bits per heavy atom. The number of piperidine rings is 1. The minimum absolute atomic E-state index is 0.0560. The van der Waals surface area contributed by atoms with E-state index in [4.69, 9.17) is 0 Å². The first kappa shape index (κ1) is 17.1. The van der Waals surface area contributed by atoms with Crippen LogP contribution in [0.25, 0.3) is 0 Å². The topological polar surface area (TPSA) is 49.4 Å². The van der Waals surface area contributed by atoms with Gasteiger partial charge in [-0.1, -0.05) is 30.3 Å². The number of halogens is 1. The van der Waals surface area contributed by atoms with Gasteiger partial charge >= 0.3 is 0 Å². The third kappa shape index (κ3) is 4.24. The lowest BCUT2D eigenvalue weighted by molar-refractivity contribution is -0.133. The van der Waals surface area contributed by atoms with E-state index in [0.29, 0.717) is 12.1 Å². The summed E-state index contributed by atoms with van der Waals surface area (Å²) in [4.78, 5) is 26.5. The minimum atomic E-state index is -0.298. The summed E-state index contributed by atoms with van der Waals surface area (Å²) >= 11 is 0. The van der Waals surface area contributed by atoms with E-state index < -0.39 is 0 Å². The van der Waals surface area contributed by atoms with Crippen LogP contribution in [-0.2, 0) is 4.79 Å². The summed E-state index contributed by atoms with van der Waals surface area (Å²) in [5.41, 5.74) is 1.33. The lowest BCUT2D eigenvalue weighted by Crippen LogP contribution is -2.44. The summed E-state index contributed by atoms with van der Waals surface area (Å²) in [6.45, 7) is 0.570. The largest absolute Gasteiger partial charge is 0.343 e. The number of hydrogen-bond donors (Lipinski definition) is 1. The molecule has 1 N–H and O–H groups in total. The second kappa shape index (κ2) is 7.92. The average molecular weight is 340 g/mol. The van der Waals surface area contributed by atoms with Crippen LogP contribution in [0.4, 0.5) is 4.39 Å². The molecule has 1 aliphatic heterocycles. The van der Waals surface area contributed by atoms with Crippen molar-refractivity contribution in [2.75, 3.05) is 13.1 Å². The summed E-state index contributed by atoms with van der Waals surface area (Å²) in [7, 11) is 0. The molecule has 1 fully saturated rings. The van der Waals surface area contributed by atoms with Crippen LogP contribution in [0.2, 0.25) is 0 Å². The molecule has 4 nitrogen and oxygen atoms in total. The van der Waals surface area contributed by atoms with Crippen molar-refractivity contribution in [3.8, 4) is 0 Å². The fraction of sp³-hybridized carbons (Fsp3) is 0.300. The molecule has 0 spiro atoms. The lowest BCUT2D eigenvalue weighted by atomic mass is 9.95. The van der Waals surface area contributed by atoms with Crippen molar-refractivity contribution in [2.45, 2.75) is 25.3 Å². The molecule has 0 aliphatic carbocycles. The fourth-order valence-electron chi connectivity index (χ4n) is 3.24. The molecule has 0 aromatic heterocycles. The van der Waals surface area contributed by atoms with E-state index >= 15 is 0 Å². The maximum absolute atomic E-state index is 13.5.